The number of nitrogens with zero attached hydrogens (tertiary/aromatic N) is 9. The van der Waals surface area contributed by atoms with Crippen LogP contribution in [0.3, 0.4) is 0 Å². The van der Waals surface area contributed by atoms with Gasteiger partial charge in [-0.05, 0) is 56.5 Å². The smallest absolute Gasteiger partial charge is 0.337 e. The Hall–Kier alpha value is -9.13. The largest absolute Gasteiger partial charge is 0.494 e. The van der Waals surface area contributed by atoms with E-state index in [9.17, 15) is 28.3 Å². The molecule has 5 heterocycles. The SMILES string of the molecule is COc1cc(OC)c(F)c(-c2ccc(C(=O)Nc3ccc(CN(C)CCN(C)C)cn3)c3nccnc23)c1F.COc1cc(OC)c(F)c(-c2ccc(C(=O)O)c3nccnc23)c1F.Nc1ccc(CN2CCNC(=O)C2)cn1. The number of hydrogen-bond acceptors (Lipinski definition) is 17. The van der Waals surface area contributed by atoms with Gasteiger partial charge in [0.1, 0.15) is 22.7 Å². The summed E-state index contributed by atoms with van der Waals surface area (Å²) in [6, 6.07) is 14.9. The normalized spacial score (nSPS) is 12.3. The number of carbonyl (C=O) groups excluding carboxylic acids is 2. The van der Waals surface area contributed by atoms with Gasteiger partial charge >= 0.3 is 5.97 Å². The number of fused-ring (bicyclic) bond motifs is 2. The number of aromatic nitrogens is 6. The number of amides is 2. The molecule has 1 saturated heterocycles. The molecule has 412 valence electrons. The number of aromatic carboxylic acids is 1. The molecule has 0 radical (unpaired) electrons. The number of carbonyl (C=O) groups is 3. The number of likely N-dealkylation sites (N-methyl/N-ethyl adjacent to an activating group) is 2. The van der Waals surface area contributed by atoms with Gasteiger partial charge in [-0.1, -0.05) is 24.3 Å². The zero-order chi connectivity index (χ0) is 56.9. The van der Waals surface area contributed by atoms with E-state index in [0.717, 1.165) is 62.5 Å². The van der Waals surface area contributed by atoms with Gasteiger partial charge in [-0.3, -0.25) is 34.4 Å². The van der Waals surface area contributed by atoms with E-state index < -0.39 is 46.3 Å². The number of benzene rings is 4. The van der Waals surface area contributed by atoms with Crippen molar-refractivity contribution in [1.29, 1.82) is 0 Å². The monoisotopic (exact) mass is 1090 g/mol. The summed E-state index contributed by atoms with van der Waals surface area (Å²) >= 11 is 0. The zero-order valence-electron chi connectivity index (χ0n) is 44.1. The van der Waals surface area contributed by atoms with Crippen LogP contribution in [0.4, 0.5) is 29.2 Å². The first-order chi connectivity index (χ1) is 38.0. The highest BCUT2D eigenvalue weighted by molar-refractivity contribution is 6.13. The summed E-state index contributed by atoms with van der Waals surface area (Å²) in [7, 11) is 11.1. The number of methoxy groups -OCH3 is 4. The molecule has 5 N–H and O–H groups in total. The molecule has 4 aromatic heterocycles. The van der Waals surface area contributed by atoms with Gasteiger partial charge in [-0.25, -0.2) is 32.3 Å². The maximum Gasteiger partial charge on any atom is 0.337 e. The predicted molar refractivity (Wildman–Crippen MR) is 287 cm³/mol. The minimum Gasteiger partial charge on any atom is -0.494 e. The van der Waals surface area contributed by atoms with Crippen LogP contribution >= 0.6 is 0 Å². The van der Waals surface area contributed by atoms with Crippen molar-refractivity contribution >= 4 is 51.5 Å². The van der Waals surface area contributed by atoms with Crippen molar-refractivity contribution < 1.29 is 56.0 Å². The van der Waals surface area contributed by atoms with Gasteiger partial charge < -0.3 is 50.2 Å². The van der Waals surface area contributed by atoms with Crippen molar-refractivity contribution in [3.05, 3.63) is 143 Å². The molecule has 0 bridgehead atoms. The van der Waals surface area contributed by atoms with E-state index in [1.807, 2.05) is 33.3 Å². The van der Waals surface area contributed by atoms with Crippen LogP contribution in [-0.2, 0) is 17.9 Å². The first-order valence-electron chi connectivity index (χ1n) is 24.2. The van der Waals surface area contributed by atoms with Gasteiger partial charge in [-0.2, -0.15) is 0 Å². The lowest BCUT2D eigenvalue weighted by Crippen LogP contribution is -2.47. The number of nitrogens with two attached hydrogens (primary N) is 1. The summed E-state index contributed by atoms with van der Waals surface area (Å²) in [4.78, 5) is 67.1. The van der Waals surface area contributed by atoms with Gasteiger partial charge in [0.15, 0.2) is 46.3 Å². The van der Waals surface area contributed by atoms with Gasteiger partial charge in [0.2, 0.25) is 5.91 Å². The van der Waals surface area contributed by atoms with E-state index in [1.165, 1.54) is 77.5 Å². The van der Waals surface area contributed by atoms with Crippen LogP contribution in [0.2, 0.25) is 0 Å². The molecule has 79 heavy (non-hydrogen) atoms. The second-order valence-electron chi connectivity index (χ2n) is 17.9. The number of nitrogen functional groups attached to an aromatic ring is 1. The van der Waals surface area contributed by atoms with Crippen LogP contribution in [0.15, 0.2) is 97.8 Å². The molecule has 1 aliphatic rings. The van der Waals surface area contributed by atoms with Crippen molar-refractivity contribution in [1.82, 2.24) is 49.9 Å². The van der Waals surface area contributed by atoms with E-state index in [4.69, 9.17) is 24.7 Å². The van der Waals surface area contributed by atoms with E-state index in [0.29, 0.717) is 18.2 Å². The van der Waals surface area contributed by atoms with Crippen LogP contribution in [0, 0.1) is 23.3 Å². The molecular weight excluding hydrogens is 1030 g/mol. The van der Waals surface area contributed by atoms with E-state index in [1.54, 1.807) is 24.5 Å². The van der Waals surface area contributed by atoms with E-state index >= 15 is 8.78 Å². The molecule has 8 aromatic rings. The molecule has 20 nitrogen and oxygen atoms in total. The number of piperazine rings is 1. The Labute approximate surface area is 451 Å². The number of halogens is 4. The molecule has 1 aliphatic heterocycles. The quantitative estimate of drug-likeness (QED) is 0.0704. The average Bonchev–Trinajstić information content (AvgIpc) is 3.59. The van der Waals surface area contributed by atoms with E-state index in [-0.39, 0.29) is 73.2 Å². The summed E-state index contributed by atoms with van der Waals surface area (Å²) in [5.41, 5.74) is 7.34. The van der Waals surface area contributed by atoms with E-state index in [2.05, 4.69) is 55.2 Å². The highest BCUT2D eigenvalue weighted by Gasteiger charge is 2.27. The Bertz CT molecular complexity index is 3430. The lowest BCUT2D eigenvalue weighted by Gasteiger charge is -2.26. The van der Waals surface area contributed by atoms with Crippen molar-refractivity contribution in [3.63, 3.8) is 0 Å². The number of carboxylic acid groups (broad SMARTS) is 1. The number of anilines is 2. The molecule has 2 amide bonds. The third kappa shape index (κ3) is 13.7. The van der Waals surface area contributed by atoms with Gasteiger partial charge in [-0.15, -0.1) is 0 Å². The molecular formula is C55H56F4N12O8. The molecule has 0 atom stereocenters. The highest BCUT2D eigenvalue weighted by atomic mass is 19.1. The third-order valence-corrected chi connectivity index (χ3v) is 12.2. The summed E-state index contributed by atoms with van der Waals surface area (Å²) in [6.45, 7) is 5.39. The standard InChI is InChI=1S/C28H30F2N6O3.C17H12F2N2O4.C10H14N4O/c1-35(2)12-13-36(3)16-17-6-9-22(33-15-17)34-28(37)19-8-7-18(26-27(19)32-11-10-31-26)23-24(29)20(38-4)14-21(39-5)25(23)30;1-24-10-7-11(25-2)14(19)12(13(10)18)8-3-4-9(17(22)23)16-15(8)20-5-6-21-16;11-9-2-1-8(5-13-9)6-14-4-3-12-10(15)7-14/h6-11,14-15H,12-13,16H2,1-5H3,(H,33,34,37);3-7H,1-2H3,(H,22,23);1-2,5H,3-4,6-7H2,(H2,11,13)(H,12,15). The Kier molecular flexibility index (Phi) is 19.2. The topological polar surface area (TPSA) is 246 Å². The third-order valence-electron chi connectivity index (χ3n) is 12.2. The van der Waals surface area contributed by atoms with Crippen LogP contribution in [0.25, 0.3) is 44.3 Å². The van der Waals surface area contributed by atoms with Crippen molar-refractivity contribution in [3.8, 4) is 45.3 Å². The summed E-state index contributed by atoms with van der Waals surface area (Å²) in [5, 5.41) is 14.8. The summed E-state index contributed by atoms with van der Waals surface area (Å²) in [5.74, 6) is -5.29. The number of nitrogens with one attached hydrogen (secondary N) is 2. The van der Waals surface area contributed by atoms with Crippen LogP contribution in [-0.4, -0.2) is 150 Å². The summed E-state index contributed by atoms with van der Waals surface area (Å²) in [6.07, 6.45) is 8.87. The molecule has 24 heteroatoms. The number of carboxylic acids is 1. The van der Waals surface area contributed by atoms with Gasteiger partial charge in [0.05, 0.1) is 68.3 Å². The molecule has 0 aliphatic carbocycles. The zero-order valence-corrected chi connectivity index (χ0v) is 44.1. The van der Waals surface area contributed by atoms with Crippen molar-refractivity contribution in [2.24, 2.45) is 0 Å². The highest BCUT2D eigenvalue weighted by Crippen LogP contribution is 2.42. The fourth-order valence-corrected chi connectivity index (χ4v) is 8.27. The molecule has 0 saturated carbocycles. The van der Waals surface area contributed by atoms with Crippen molar-refractivity contribution in [2.45, 2.75) is 13.1 Å². The maximum absolute atomic E-state index is 15.2. The maximum atomic E-state index is 15.2. The molecule has 9 rings (SSSR count). The molecule has 4 aromatic carbocycles. The molecule has 0 unspecified atom stereocenters. The van der Waals surface area contributed by atoms with Crippen LogP contribution in [0.5, 0.6) is 23.0 Å². The van der Waals surface area contributed by atoms with Gasteiger partial charge in [0.25, 0.3) is 5.91 Å². The first-order valence-corrected chi connectivity index (χ1v) is 24.2. The Balaban J connectivity index is 0.000000191. The predicted octanol–water partition coefficient (Wildman–Crippen LogP) is 7.12. The molecule has 1 fully saturated rings. The Morgan fingerprint density at radius 3 is 1.61 bits per heavy atom. The fraction of sp³-hybridized carbons (Fsp3) is 0.255. The van der Waals surface area contributed by atoms with Crippen LogP contribution < -0.4 is 35.3 Å². The van der Waals surface area contributed by atoms with Crippen molar-refractivity contribution in [2.75, 3.05) is 93.4 Å². The second-order valence-corrected chi connectivity index (χ2v) is 17.9. The lowest BCUT2D eigenvalue weighted by molar-refractivity contribution is -0.124. The van der Waals surface area contributed by atoms with Crippen LogP contribution in [0.1, 0.15) is 31.8 Å². The summed E-state index contributed by atoms with van der Waals surface area (Å²) < 4.78 is 79.9. The minimum absolute atomic E-state index is 0.0214. The lowest BCUT2D eigenvalue weighted by atomic mass is 9.98. The Morgan fingerprint density at radius 2 is 1.15 bits per heavy atom. The number of rotatable bonds is 16. The average molecular weight is 1090 g/mol. The fourth-order valence-electron chi connectivity index (χ4n) is 8.27. The molecule has 0 spiro atoms. The number of ether oxygens (including phenoxy) is 4. The second kappa shape index (κ2) is 26.3. The minimum atomic E-state index is -1.22. The number of pyridine rings is 2. The number of hydrogen-bond donors (Lipinski definition) is 4. The Morgan fingerprint density at radius 1 is 0.658 bits per heavy atom. The van der Waals surface area contributed by atoms with Gasteiger partial charge in [0, 0.05) is 99.7 Å². The first kappa shape index (κ1) is 57.6.